The highest BCUT2D eigenvalue weighted by Gasteiger charge is 2.27. The van der Waals surface area contributed by atoms with Crippen molar-refractivity contribution < 1.29 is 13.5 Å². The maximum atomic E-state index is 15.0. The number of aromatic nitrogens is 4. The van der Waals surface area contributed by atoms with Crippen LogP contribution in [0.2, 0.25) is 0 Å². The minimum Gasteiger partial charge on any atom is -0.488 e. The van der Waals surface area contributed by atoms with E-state index >= 15 is 4.39 Å². The highest BCUT2D eigenvalue weighted by Crippen LogP contribution is 2.37. The van der Waals surface area contributed by atoms with Crippen molar-refractivity contribution in [2.45, 2.75) is 39.8 Å². The fourth-order valence-electron chi connectivity index (χ4n) is 5.17. The van der Waals surface area contributed by atoms with Crippen LogP contribution >= 0.6 is 0 Å². The van der Waals surface area contributed by atoms with Crippen molar-refractivity contribution in [3.05, 3.63) is 100 Å². The topological polar surface area (TPSA) is 109 Å². The number of rotatable bonds is 6. The van der Waals surface area contributed by atoms with E-state index in [4.69, 9.17) is 20.0 Å². The summed E-state index contributed by atoms with van der Waals surface area (Å²) >= 11 is 0. The fourth-order valence-corrected chi connectivity index (χ4v) is 5.17. The number of nitrogens with two attached hydrogens (primary N) is 1. The maximum Gasteiger partial charge on any atom is 0.201 e. The fraction of sp³-hybridized carbons (Fsp3) is 0.188. The minimum absolute atomic E-state index is 0.133. The molecule has 6 aromatic rings. The molecular weight excluding hydrogens is 521 g/mol. The van der Waals surface area contributed by atoms with Crippen LogP contribution in [-0.2, 0) is 0 Å². The highest BCUT2D eigenvalue weighted by molar-refractivity contribution is 5.98. The molecule has 0 amide bonds. The van der Waals surface area contributed by atoms with E-state index in [1.807, 2.05) is 70.2 Å². The van der Waals surface area contributed by atoms with Crippen molar-refractivity contribution in [3.63, 3.8) is 0 Å². The molecule has 0 fully saturated rings. The van der Waals surface area contributed by atoms with E-state index in [2.05, 4.69) is 9.97 Å². The molecule has 3 aromatic carbocycles. The molecule has 3 aromatic heterocycles. The van der Waals surface area contributed by atoms with Gasteiger partial charge in [-0.1, -0.05) is 42.5 Å². The van der Waals surface area contributed by atoms with E-state index in [1.54, 1.807) is 22.9 Å². The average Bonchev–Trinajstić information content (AvgIpc) is 3.35. The van der Waals surface area contributed by atoms with Gasteiger partial charge in [0.15, 0.2) is 17.2 Å². The first-order valence-corrected chi connectivity index (χ1v) is 13.3. The van der Waals surface area contributed by atoms with Gasteiger partial charge in [-0.05, 0) is 63.1 Å². The van der Waals surface area contributed by atoms with E-state index in [1.165, 1.54) is 12.4 Å². The SMILES string of the molecule is Cc1cccc2oc([C@@H](C)n3nc(-c4ccc(OC(C)C)c(F)c4)c4c(N)ncnc43)c(-c3ccccc3)c(=O)c12. The molecule has 0 unspecified atom stereocenters. The monoisotopic (exact) mass is 549 g/mol. The van der Waals surface area contributed by atoms with Gasteiger partial charge in [-0.15, -0.1) is 0 Å². The molecule has 0 bridgehead atoms. The summed E-state index contributed by atoms with van der Waals surface area (Å²) in [4.78, 5) is 22.7. The Bertz CT molecular complexity index is 1980. The normalized spacial score (nSPS) is 12.3. The van der Waals surface area contributed by atoms with E-state index in [-0.39, 0.29) is 23.1 Å². The third kappa shape index (κ3) is 4.49. The van der Waals surface area contributed by atoms with Crippen LogP contribution < -0.4 is 15.9 Å². The van der Waals surface area contributed by atoms with Crippen molar-refractivity contribution in [1.82, 2.24) is 19.7 Å². The molecule has 6 rings (SSSR count). The van der Waals surface area contributed by atoms with Gasteiger partial charge in [-0.2, -0.15) is 5.10 Å². The average molecular weight is 550 g/mol. The lowest BCUT2D eigenvalue weighted by atomic mass is 9.98. The molecule has 206 valence electrons. The Morgan fingerprint density at radius 3 is 2.46 bits per heavy atom. The van der Waals surface area contributed by atoms with Gasteiger partial charge in [0.1, 0.15) is 35.2 Å². The number of ether oxygens (including phenoxy) is 1. The zero-order chi connectivity index (χ0) is 28.8. The minimum atomic E-state index is -0.596. The van der Waals surface area contributed by atoms with Crippen LogP contribution in [-0.4, -0.2) is 25.9 Å². The molecule has 0 saturated heterocycles. The number of benzene rings is 3. The lowest BCUT2D eigenvalue weighted by Crippen LogP contribution is -2.17. The van der Waals surface area contributed by atoms with Crippen LogP contribution in [0.3, 0.4) is 0 Å². The van der Waals surface area contributed by atoms with Gasteiger partial charge in [-0.25, -0.2) is 19.0 Å². The molecule has 3 heterocycles. The molecule has 41 heavy (non-hydrogen) atoms. The molecule has 0 saturated carbocycles. The van der Waals surface area contributed by atoms with Gasteiger partial charge in [0.05, 0.1) is 22.4 Å². The Hall–Kier alpha value is -5.05. The van der Waals surface area contributed by atoms with E-state index in [9.17, 15) is 4.79 Å². The number of aryl methyl sites for hydroxylation is 1. The summed E-state index contributed by atoms with van der Waals surface area (Å²) in [6.07, 6.45) is 1.17. The third-order valence-corrected chi connectivity index (χ3v) is 7.05. The molecule has 9 heteroatoms. The molecule has 0 aliphatic heterocycles. The second-order valence-electron chi connectivity index (χ2n) is 10.2. The largest absolute Gasteiger partial charge is 0.488 e. The summed E-state index contributed by atoms with van der Waals surface area (Å²) in [7, 11) is 0. The molecule has 0 aliphatic rings. The zero-order valence-electron chi connectivity index (χ0n) is 23.1. The Kier molecular flexibility index (Phi) is 6.49. The highest BCUT2D eigenvalue weighted by atomic mass is 19.1. The van der Waals surface area contributed by atoms with Crippen molar-refractivity contribution in [2.75, 3.05) is 5.73 Å². The second-order valence-corrected chi connectivity index (χ2v) is 10.2. The number of halogens is 1. The summed E-state index contributed by atoms with van der Waals surface area (Å²) in [6, 6.07) is 19.0. The van der Waals surface area contributed by atoms with Gasteiger partial charge in [0, 0.05) is 5.56 Å². The van der Waals surface area contributed by atoms with E-state index in [0.29, 0.717) is 44.6 Å². The van der Waals surface area contributed by atoms with Crippen LogP contribution in [0.1, 0.15) is 38.1 Å². The van der Waals surface area contributed by atoms with Crippen molar-refractivity contribution in [3.8, 4) is 28.1 Å². The standard InChI is InChI=1S/C32H28FN5O3/c1-17(2)40-23-14-13-21(15-22(23)33)28-27-31(34)35-16-36-32(27)38(37-28)19(4)30-26(20-10-6-5-7-11-20)29(39)25-18(3)9-8-12-24(25)41-30/h5-17,19H,1-4H3,(H2,34,35,36)/t19-/m1/s1. The van der Waals surface area contributed by atoms with Crippen LogP contribution in [0.5, 0.6) is 5.75 Å². The van der Waals surface area contributed by atoms with Crippen LogP contribution in [0.4, 0.5) is 10.2 Å². The summed E-state index contributed by atoms with van der Waals surface area (Å²) in [6.45, 7) is 7.43. The van der Waals surface area contributed by atoms with Crippen molar-refractivity contribution >= 4 is 27.8 Å². The number of fused-ring (bicyclic) bond motifs is 2. The lowest BCUT2D eigenvalue weighted by molar-refractivity contribution is 0.231. The first-order chi connectivity index (χ1) is 19.7. The van der Waals surface area contributed by atoms with Crippen LogP contribution in [0.25, 0.3) is 44.4 Å². The Morgan fingerprint density at radius 2 is 1.73 bits per heavy atom. The summed E-state index contributed by atoms with van der Waals surface area (Å²) in [5, 5.41) is 5.85. The number of anilines is 1. The molecule has 8 nitrogen and oxygen atoms in total. The third-order valence-electron chi connectivity index (χ3n) is 7.05. The first kappa shape index (κ1) is 26.2. The number of nitrogens with zero attached hydrogens (tertiary/aromatic N) is 4. The molecule has 0 aliphatic carbocycles. The van der Waals surface area contributed by atoms with E-state index in [0.717, 1.165) is 11.1 Å². The molecule has 1 atom stereocenters. The van der Waals surface area contributed by atoms with E-state index < -0.39 is 11.9 Å². The first-order valence-electron chi connectivity index (χ1n) is 13.3. The summed E-state index contributed by atoms with van der Waals surface area (Å²) in [5.74, 6) is 0.236. The Balaban J connectivity index is 1.59. The van der Waals surface area contributed by atoms with Gasteiger partial charge in [0.2, 0.25) is 5.43 Å². The Labute approximate surface area is 235 Å². The quantitative estimate of drug-likeness (QED) is 0.246. The zero-order valence-corrected chi connectivity index (χ0v) is 23.1. The van der Waals surface area contributed by atoms with Crippen molar-refractivity contribution in [2.24, 2.45) is 0 Å². The van der Waals surface area contributed by atoms with Gasteiger partial charge in [0.25, 0.3) is 0 Å². The predicted molar refractivity (Wildman–Crippen MR) is 157 cm³/mol. The number of hydrogen-bond donors (Lipinski definition) is 1. The molecule has 0 spiro atoms. The summed E-state index contributed by atoms with van der Waals surface area (Å²) in [5.41, 5.74) is 9.96. The van der Waals surface area contributed by atoms with Crippen LogP contribution in [0.15, 0.2) is 82.3 Å². The van der Waals surface area contributed by atoms with Crippen LogP contribution in [0, 0.1) is 12.7 Å². The number of nitrogen functional groups attached to an aromatic ring is 1. The predicted octanol–water partition coefficient (Wildman–Crippen LogP) is 6.69. The van der Waals surface area contributed by atoms with Crippen molar-refractivity contribution in [1.29, 1.82) is 0 Å². The van der Waals surface area contributed by atoms with Gasteiger partial charge < -0.3 is 14.9 Å². The smallest absolute Gasteiger partial charge is 0.201 e. The van der Waals surface area contributed by atoms with Gasteiger partial charge in [-0.3, -0.25) is 4.79 Å². The lowest BCUT2D eigenvalue weighted by Gasteiger charge is -2.17. The second kappa shape index (κ2) is 10.2. The Morgan fingerprint density at radius 1 is 0.951 bits per heavy atom. The molecular formula is C32H28FN5O3. The maximum absolute atomic E-state index is 15.0. The summed E-state index contributed by atoms with van der Waals surface area (Å²) < 4.78 is 28.7. The molecule has 0 radical (unpaired) electrons. The van der Waals surface area contributed by atoms with Gasteiger partial charge >= 0.3 is 0 Å². The number of hydrogen-bond acceptors (Lipinski definition) is 7. The molecule has 2 N–H and O–H groups in total.